The van der Waals surface area contributed by atoms with E-state index >= 15 is 0 Å². The van der Waals surface area contributed by atoms with Crippen LogP contribution in [0.4, 0.5) is 0 Å². The second kappa shape index (κ2) is 4.25. The fourth-order valence-corrected chi connectivity index (χ4v) is 1.64. The molecule has 1 unspecified atom stereocenters. The molecule has 0 saturated heterocycles. The van der Waals surface area contributed by atoms with E-state index in [9.17, 15) is 4.79 Å². The number of guanidine groups is 1. The first-order chi connectivity index (χ1) is 6.13. The zero-order chi connectivity index (χ0) is 9.84. The quantitative estimate of drug-likeness (QED) is 0.549. The number of hydrogen-bond donors (Lipinski definition) is 2. The Hall–Kier alpha value is -1.06. The first kappa shape index (κ1) is 10.0. The van der Waals surface area contributed by atoms with Crippen LogP contribution in [0.5, 0.6) is 0 Å². The lowest BCUT2D eigenvalue weighted by atomic mass is 10.1. The van der Waals surface area contributed by atoms with Gasteiger partial charge in [-0.1, -0.05) is 0 Å². The minimum Gasteiger partial charge on any atom is -0.296 e. The molecule has 0 aliphatic carbocycles. The molecule has 0 fully saturated rings. The molecule has 0 aromatic heterocycles. The van der Waals surface area contributed by atoms with Gasteiger partial charge in [0.15, 0.2) is 5.78 Å². The third-order valence-electron chi connectivity index (χ3n) is 2.53. The fraction of sp³-hybridized carbons (Fsp3) is 0.778. The van der Waals surface area contributed by atoms with Crippen molar-refractivity contribution >= 4 is 11.7 Å². The van der Waals surface area contributed by atoms with Crippen molar-refractivity contribution in [3.05, 3.63) is 0 Å². The number of ketones is 1. The zero-order valence-electron chi connectivity index (χ0n) is 8.34. The van der Waals surface area contributed by atoms with Crippen molar-refractivity contribution < 1.29 is 9.37 Å². The first-order valence-corrected chi connectivity index (χ1v) is 4.72. The average Bonchev–Trinajstić information content (AvgIpc) is 2.06. The Kier molecular flexibility index (Phi) is 3.28. The van der Waals surface area contributed by atoms with Gasteiger partial charge in [0.1, 0.15) is 6.04 Å². The molecule has 3 N–H and O–H groups in total. The van der Waals surface area contributed by atoms with Gasteiger partial charge in [-0.05, 0) is 26.2 Å². The van der Waals surface area contributed by atoms with Crippen LogP contribution in [0, 0.1) is 0 Å². The lowest BCUT2D eigenvalue weighted by Gasteiger charge is -2.18. The molecule has 0 radical (unpaired) electrons. The summed E-state index contributed by atoms with van der Waals surface area (Å²) in [5.41, 5.74) is 5.76. The van der Waals surface area contributed by atoms with Crippen molar-refractivity contribution in [2.75, 3.05) is 13.6 Å². The summed E-state index contributed by atoms with van der Waals surface area (Å²) in [7, 11) is 1.86. The van der Waals surface area contributed by atoms with E-state index < -0.39 is 0 Å². The van der Waals surface area contributed by atoms with Gasteiger partial charge >= 0.3 is 5.96 Å². The van der Waals surface area contributed by atoms with Gasteiger partial charge < -0.3 is 0 Å². The number of Topliss-reactive ketones (excluding diaryl/α,β-unsaturated/α-hetero) is 1. The maximum absolute atomic E-state index is 11.3. The van der Waals surface area contributed by atoms with Crippen molar-refractivity contribution in [3.63, 3.8) is 0 Å². The summed E-state index contributed by atoms with van der Waals surface area (Å²) in [6.07, 6.45) is 3.07. The Morgan fingerprint density at radius 1 is 1.62 bits per heavy atom. The third-order valence-corrected chi connectivity index (χ3v) is 2.53. The van der Waals surface area contributed by atoms with Crippen molar-refractivity contribution in [1.29, 1.82) is 0 Å². The number of likely N-dealkylation sites (N-methyl/N-ethyl adjacent to an activating group) is 1. The van der Waals surface area contributed by atoms with Crippen molar-refractivity contribution in [2.24, 2.45) is 5.73 Å². The molecule has 1 heterocycles. The monoisotopic (exact) mass is 184 g/mol. The number of carbonyl (C=O) groups excluding carboxylic acids is 1. The second-order valence-electron chi connectivity index (χ2n) is 3.55. The van der Waals surface area contributed by atoms with E-state index in [0.29, 0.717) is 5.96 Å². The molecular formula is C9H18N3O+. The van der Waals surface area contributed by atoms with Crippen LogP contribution in [-0.4, -0.2) is 36.0 Å². The van der Waals surface area contributed by atoms with Gasteiger partial charge in [0.25, 0.3) is 0 Å². The number of nitrogens with two attached hydrogens (primary N) is 1. The van der Waals surface area contributed by atoms with E-state index in [0.717, 1.165) is 25.8 Å². The standard InChI is InChI=1S/C9H17N3O/c1-7(13)8-5-3-4-6-11-9(10)12(8)2/h8H,3-6H2,1-2H3,(H2,10,11)/p+1. The third kappa shape index (κ3) is 2.44. The predicted octanol–water partition coefficient (Wildman–Crippen LogP) is -0.325. The summed E-state index contributed by atoms with van der Waals surface area (Å²) in [5, 5.41) is 3.09. The predicted molar refractivity (Wildman–Crippen MR) is 51.7 cm³/mol. The van der Waals surface area contributed by atoms with E-state index in [4.69, 9.17) is 5.73 Å². The van der Waals surface area contributed by atoms with Crippen LogP contribution >= 0.6 is 0 Å². The summed E-state index contributed by atoms with van der Waals surface area (Å²) >= 11 is 0. The molecular weight excluding hydrogens is 166 g/mol. The molecule has 4 nitrogen and oxygen atoms in total. The summed E-state index contributed by atoms with van der Waals surface area (Å²) in [4.78, 5) is 11.3. The molecule has 0 spiro atoms. The summed E-state index contributed by atoms with van der Waals surface area (Å²) in [6.45, 7) is 2.52. The van der Waals surface area contributed by atoms with Crippen LogP contribution in [0.2, 0.25) is 0 Å². The van der Waals surface area contributed by atoms with Crippen LogP contribution in [0.3, 0.4) is 0 Å². The second-order valence-corrected chi connectivity index (χ2v) is 3.55. The van der Waals surface area contributed by atoms with Gasteiger partial charge in [-0.15, -0.1) is 0 Å². The van der Waals surface area contributed by atoms with E-state index in [1.807, 2.05) is 11.6 Å². The molecule has 0 bridgehead atoms. The number of rotatable bonds is 1. The fourth-order valence-electron chi connectivity index (χ4n) is 1.64. The van der Waals surface area contributed by atoms with E-state index in [-0.39, 0.29) is 11.8 Å². The van der Waals surface area contributed by atoms with Crippen LogP contribution in [0.15, 0.2) is 0 Å². The Labute approximate surface area is 78.8 Å². The highest BCUT2D eigenvalue weighted by Crippen LogP contribution is 2.06. The highest BCUT2D eigenvalue weighted by atomic mass is 16.1. The zero-order valence-corrected chi connectivity index (χ0v) is 8.34. The lowest BCUT2D eigenvalue weighted by Crippen LogP contribution is -2.46. The largest absolute Gasteiger partial charge is 0.343 e. The number of hydrogen-bond acceptors (Lipinski definition) is 3. The molecule has 74 valence electrons. The van der Waals surface area contributed by atoms with Crippen molar-refractivity contribution in [1.82, 2.24) is 5.32 Å². The smallest absolute Gasteiger partial charge is 0.296 e. The highest BCUT2D eigenvalue weighted by molar-refractivity contribution is 5.82. The average molecular weight is 184 g/mol. The van der Waals surface area contributed by atoms with E-state index in [1.54, 1.807) is 6.92 Å². The molecule has 1 atom stereocenters. The topological polar surface area (TPSA) is 58.1 Å². The maximum atomic E-state index is 11.3. The Balaban J connectivity index is 2.83. The van der Waals surface area contributed by atoms with Crippen LogP contribution in [0.25, 0.3) is 0 Å². The van der Waals surface area contributed by atoms with Gasteiger partial charge in [-0.3, -0.25) is 20.4 Å². The molecule has 0 saturated carbocycles. The first-order valence-electron chi connectivity index (χ1n) is 4.72. The van der Waals surface area contributed by atoms with Gasteiger partial charge in [-0.2, -0.15) is 0 Å². The maximum Gasteiger partial charge on any atom is 0.343 e. The van der Waals surface area contributed by atoms with Gasteiger partial charge in [0.05, 0.1) is 13.6 Å². The number of carbonyl (C=O) groups is 1. The normalized spacial score (nSPS) is 24.6. The number of nitrogens with zero attached hydrogens (tertiary/aromatic N) is 1. The van der Waals surface area contributed by atoms with Gasteiger partial charge in [0.2, 0.25) is 0 Å². The SMILES string of the molecule is CC(=O)C1CCCCNC(N)=[N+]1C. The van der Waals surface area contributed by atoms with Crippen molar-refractivity contribution in [3.8, 4) is 0 Å². The Morgan fingerprint density at radius 2 is 2.31 bits per heavy atom. The molecule has 0 aromatic carbocycles. The molecule has 1 aliphatic heterocycles. The molecule has 1 rings (SSSR count). The number of nitrogens with one attached hydrogen (secondary N) is 1. The molecule has 0 aromatic rings. The lowest BCUT2D eigenvalue weighted by molar-refractivity contribution is -0.528. The molecule has 13 heavy (non-hydrogen) atoms. The van der Waals surface area contributed by atoms with E-state index in [1.165, 1.54) is 0 Å². The van der Waals surface area contributed by atoms with E-state index in [2.05, 4.69) is 5.32 Å². The van der Waals surface area contributed by atoms with Crippen molar-refractivity contribution in [2.45, 2.75) is 32.2 Å². The minimum absolute atomic E-state index is 0.0483. The Morgan fingerprint density at radius 3 is 2.92 bits per heavy atom. The molecule has 1 aliphatic rings. The van der Waals surface area contributed by atoms with Crippen LogP contribution in [-0.2, 0) is 4.79 Å². The van der Waals surface area contributed by atoms with Crippen LogP contribution < -0.4 is 11.1 Å². The minimum atomic E-state index is -0.0483. The van der Waals surface area contributed by atoms with Gasteiger partial charge in [0, 0.05) is 0 Å². The molecule has 0 amide bonds. The Bertz CT molecular complexity index is 235. The summed E-state index contributed by atoms with van der Waals surface area (Å²) < 4.78 is 1.83. The van der Waals surface area contributed by atoms with Crippen LogP contribution in [0.1, 0.15) is 26.2 Å². The molecule has 4 heteroatoms. The summed E-state index contributed by atoms with van der Waals surface area (Å²) in [6, 6.07) is -0.0483. The summed E-state index contributed by atoms with van der Waals surface area (Å²) in [5.74, 6) is 0.800. The van der Waals surface area contributed by atoms with Gasteiger partial charge in [-0.25, -0.2) is 0 Å². The highest BCUT2D eigenvalue weighted by Gasteiger charge is 2.22.